The number of benzene rings is 4. The molecule has 2 saturated carbocycles. The van der Waals surface area contributed by atoms with Gasteiger partial charge in [0, 0.05) is 35.0 Å². The quantitative estimate of drug-likeness (QED) is 0.206. The van der Waals surface area contributed by atoms with Gasteiger partial charge in [0.25, 0.3) is 0 Å². The fourth-order valence-electron chi connectivity index (χ4n) is 8.03. The SMILES string of the molecule is O[C@@H](CN(C1CCCCC1)C1CCCCC1)Cn1c(-c2ccccc2)c(-c2ccccc2)c2ccc3ccccc3c21. The summed E-state index contributed by atoms with van der Waals surface area (Å²) in [5.41, 5.74) is 6.10. The minimum Gasteiger partial charge on any atom is -0.390 e. The molecule has 2 aliphatic rings. The van der Waals surface area contributed by atoms with Crippen LogP contribution >= 0.6 is 0 Å². The van der Waals surface area contributed by atoms with E-state index in [-0.39, 0.29) is 0 Å². The number of rotatable bonds is 8. The lowest BCUT2D eigenvalue weighted by atomic mass is 9.88. The van der Waals surface area contributed by atoms with Gasteiger partial charge in [-0.25, -0.2) is 0 Å². The van der Waals surface area contributed by atoms with Gasteiger partial charge in [-0.2, -0.15) is 0 Å². The number of hydrogen-bond donors (Lipinski definition) is 1. The predicted octanol–water partition coefficient (Wildman–Crippen LogP) is 9.46. The third kappa shape index (κ3) is 5.41. The van der Waals surface area contributed by atoms with Gasteiger partial charge in [0.05, 0.1) is 23.9 Å². The summed E-state index contributed by atoms with van der Waals surface area (Å²) in [4.78, 5) is 2.76. The monoisotopic (exact) mass is 556 g/mol. The molecule has 3 heteroatoms. The van der Waals surface area contributed by atoms with Gasteiger partial charge in [-0.15, -0.1) is 0 Å². The molecule has 1 heterocycles. The zero-order valence-electron chi connectivity index (χ0n) is 24.8. The van der Waals surface area contributed by atoms with Crippen LogP contribution in [-0.2, 0) is 6.54 Å². The van der Waals surface area contributed by atoms with E-state index in [0.717, 1.165) is 6.54 Å². The molecule has 2 fully saturated rings. The first-order valence-corrected chi connectivity index (χ1v) is 16.4. The normalized spacial score (nSPS) is 17.8. The Bertz CT molecular complexity index is 1590. The zero-order valence-corrected chi connectivity index (χ0v) is 24.8. The summed E-state index contributed by atoms with van der Waals surface area (Å²) in [6.45, 7) is 1.34. The fraction of sp³-hybridized carbons (Fsp3) is 0.385. The Morgan fingerprint density at radius 2 is 1.19 bits per heavy atom. The molecule has 0 bridgehead atoms. The average Bonchev–Trinajstić information content (AvgIpc) is 3.39. The van der Waals surface area contributed by atoms with Crippen LogP contribution in [0.25, 0.3) is 44.1 Å². The van der Waals surface area contributed by atoms with Crippen molar-refractivity contribution in [1.82, 2.24) is 9.47 Å². The molecule has 1 aromatic heterocycles. The van der Waals surface area contributed by atoms with Gasteiger partial charge in [-0.05, 0) is 42.2 Å². The molecule has 2 aliphatic carbocycles. The van der Waals surface area contributed by atoms with E-state index in [4.69, 9.17) is 0 Å². The number of nitrogens with zero attached hydrogens (tertiary/aromatic N) is 2. The van der Waals surface area contributed by atoms with Crippen LogP contribution in [0, 0.1) is 0 Å². The smallest absolute Gasteiger partial charge is 0.0846 e. The van der Waals surface area contributed by atoms with Gasteiger partial charge in [-0.1, -0.05) is 136 Å². The molecule has 3 nitrogen and oxygen atoms in total. The van der Waals surface area contributed by atoms with Crippen molar-refractivity contribution in [2.24, 2.45) is 0 Å². The van der Waals surface area contributed by atoms with Crippen molar-refractivity contribution in [3.8, 4) is 22.4 Å². The molecule has 216 valence electrons. The van der Waals surface area contributed by atoms with Crippen molar-refractivity contribution in [2.45, 2.75) is 88.9 Å². The third-order valence-electron chi connectivity index (χ3n) is 9.96. The Balaban J connectivity index is 1.36. The minimum atomic E-state index is -0.450. The fourth-order valence-corrected chi connectivity index (χ4v) is 8.03. The van der Waals surface area contributed by atoms with Crippen molar-refractivity contribution in [3.05, 3.63) is 97.1 Å². The second kappa shape index (κ2) is 12.5. The van der Waals surface area contributed by atoms with Crippen molar-refractivity contribution in [2.75, 3.05) is 6.54 Å². The molecule has 0 saturated heterocycles. The van der Waals surface area contributed by atoms with E-state index in [1.807, 2.05) is 0 Å². The van der Waals surface area contributed by atoms with E-state index in [0.29, 0.717) is 18.6 Å². The van der Waals surface area contributed by atoms with Gasteiger partial charge in [0.1, 0.15) is 0 Å². The summed E-state index contributed by atoms with van der Waals surface area (Å²) in [7, 11) is 0. The maximum atomic E-state index is 12.1. The highest BCUT2D eigenvalue weighted by atomic mass is 16.3. The molecule has 1 N–H and O–H groups in total. The topological polar surface area (TPSA) is 28.4 Å². The Morgan fingerprint density at radius 1 is 0.619 bits per heavy atom. The van der Waals surface area contributed by atoms with Crippen molar-refractivity contribution in [1.29, 1.82) is 0 Å². The molecule has 0 unspecified atom stereocenters. The molecule has 4 aromatic carbocycles. The van der Waals surface area contributed by atoms with E-state index in [9.17, 15) is 5.11 Å². The number of fused-ring (bicyclic) bond motifs is 3. The van der Waals surface area contributed by atoms with Gasteiger partial charge in [0.15, 0.2) is 0 Å². The molecule has 0 spiro atoms. The molecular formula is C39H44N2O. The van der Waals surface area contributed by atoms with Crippen molar-refractivity contribution < 1.29 is 5.11 Å². The molecule has 1 atom stereocenters. The summed E-state index contributed by atoms with van der Waals surface area (Å²) in [5, 5.41) is 15.8. The first-order chi connectivity index (χ1) is 20.8. The van der Waals surface area contributed by atoms with Gasteiger partial charge in [-0.3, -0.25) is 4.90 Å². The van der Waals surface area contributed by atoms with Crippen LogP contribution < -0.4 is 0 Å². The average molecular weight is 557 g/mol. The molecular weight excluding hydrogens is 512 g/mol. The Labute approximate surface area is 250 Å². The van der Waals surface area contributed by atoms with Crippen LogP contribution in [0.1, 0.15) is 64.2 Å². The number of hydrogen-bond acceptors (Lipinski definition) is 2. The maximum absolute atomic E-state index is 12.1. The first kappa shape index (κ1) is 27.4. The maximum Gasteiger partial charge on any atom is 0.0846 e. The summed E-state index contributed by atoms with van der Waals surface area (Å²) in [6, 6.07) is 36.1. The van der Waals surface area contributed by atoms with Crippen molar-refractivity contribution >= 4 is 21.7 Å². The number of aromatic nitrogens is 1. The predicted molar refractivity (Wildman–Crippen MR) is 177 cm³/mol. The summed E-state index contributed by atoms with van der Waals surface area (Å²) in [5.74, 6) is 0. The van der Waals surface area contributed by atoms with Crippen LogP contribution in [0.2, 0.25) is 0 Å². The van der Waals surface area contributed by atoms with E-state index < -0.39 is 6.10 Å². The van der Waals surface area contributed by atoms with Crippen LogP contribution in [0.3, 0.4) is 0 Å². The van der Waals surface area contributed by atoms with Crippen molar-refractivity contribution in [3.63, 3.8) is 0 Å². The lowest BCUT2D eigenvalue weighted by Gasteiger charge is -2.42. The minimum absolute atomic E-state index is 0.450. The summed E-state index contributed by atoms with van der Waals surface area (Å²) in [6.07, 6.45) is 12.7. The highest BCUT2D eigenvalue weighted by Gasteiger charge is 2.31. The lowest BCUT2D eigenvalue weighted by molar-refractivity contribution is 0.0240. The van der Waals surface area contributed by atoms with E-state index in [2.05, 4.69) is 107 Å². The molecule has 42 heavy (non-hydrogen) atoms. The molecule has 5 aromatic rings. The van der Waals surface area contributed by atoms with Crippen LogP contribution in [0.5, 0.6) is 0 Å². The third-order valence-corrected chi connectivity index (χ3v) is 9.96. The van der Waals surface area contributed by atoms with E-state index in [1.54, 1.807) is 0 Å². The highest BCUT2D eigenvalue weighted by molar-refractivity contribution is 6.15. The second-order valence-electron chi connectivity index (χ2n) is 12.7. The second-order valence-corrected chi connectivity index (χ2v) is 12.7. The molecule has 0 aliphatic heterocycles. The Kier molecular flexibility index (Phi) is 8.13. The standard InChI is InChI=1S/C39H44N2O/c42-34(27-40(32-20-9-3-10-21-32)33-22-11-4-12-23-33)28-41-38(31-18-7-2-8-19-31)37(30-16-5-1-6-17-30)36-26-25-29-15-13-14-24-35(29)39(36)41/h1-2,5-8,13-19,24-26,32-34,42H,3-4,9-12,20-23,27-28H2/t34-/m0/s1. The molecule has 0 amide bonds. The Hall–Kier alpha value is -3.40. The Morgan fingerprint density at radius 3 is 1.83 bits per heavy atom. The van der Waals surface area contributed by atoms with Gasteiger partial charge < -0.3 is 9.67 Å². The number of aliphatic hydroxyl groups is 1. The zero-order chi connectivity index (χ0) is 28.3. The van der Waals surface area contributed by atoms with Crippen LogP contribution in [-0.4, -0.2) is 39.3 Å². The van der Waals surface area contributed by atoms with E-state index >= 15 is 0 Å². The van der Waals surface area contributed by atoms with Crippen LogP contribution in [0.15, 0.2) is 97.1 Å². The molecule has 7 rings (SSSR count). The van der Waals surface area contributed by atoms with E-state index in [1.165, 1.54) is 108 Å². The summed E-state index contributed by atoms with van der Waals surface area (Å²) >= 11 is 0. The largest absolute Gasteiger partial charge is 0.390 e. The van der Waals surface area contributed by atoms with Crippen LogP contribution in [0.4, 0.5) is 0 Å². The highest BCUT2D eigenvalue weighted by Crippen LogP contribution is 2.43. The number of aliphatic hydroxyl groups excluding tert-OH is 1. The van der Waals surface area contributed by atoms with Gasteiger partial charge in [0.2, 0.25) is 0 Å². The van der Waals surface area contributed by atoms with Gasteiger partial charge >= 0.3 is 0 Å². The first-order valence-electron chi connectivity index (χ1n) is 16.4. The lowest BCUT2D eigenvalue weighted by Crippen LogP contribution is -2.49. The summed E-state index contributed by atoms with van der Waals surface area (Å²) < 4.78 is 2.46. The molecule has 0 radical (unpaired) electrons.